The zero-order chi connectivity index (χ0) is 32.1. The number of pyridine rings is 1. The van der Waals surface area contributed by atoms with E-state index in [4.69, 9.17) is 4.98 Å². The summed E-state index contributed by atoms with van der Waals surface area (Å²) in [6.45, 7) is 0. The van der Waals surface area contributed by atoms with Crippen molar-refractivity contribution in [2.75, 3.05) is 0 Å². The van der Waals surface area contributed by atoms with Crippen LogP contribution in [0.5, 0.6) is 0 Å². The zero-order valence-corrected chi connectivity index (χ0v) is 26.7. The van der Waals surface area contributed by atoms with E-state index in [0.29, 0.717) is 0 Å². The Kier molecular flexibility index (Phi) is 5.38. The lowest BCUT2D eigenvalue weighted by Gasteiger charge is -2.31. The fourth-order valence-electron chi connectivity index (χ4n) is 9.06. The highest BCUT2D eigenvalue weighted by Gasteiger charge is 2.51. The van der Waals surface area contributed by atoms with Gasteiger partial charge >= 0.3 is 0 Å². The predicted molar refractivity (Wildman–Crippen MR) is 204 cm³/mol. The van der Waals surface area contributed by atoms with Gasteiger partial charge in [-0.15, -0.1) is 0 Å². The van der Waals surface area contributed by atoms with Gasteiger partial charge in [0.25, 0.3) is 0 Å². The van der Waals surface area contributed by atoms with Crippen molar-refractivity contribution in [3.8, 4) is 44.8 Å². The fraction of sp³-hybridized carbons (Fsp3) is 0.0208. The minimum atomic E-state index is -0.453. The van der Waals surface area contributed by atoms with Crippen molar-refractivity contribution >= 4 is 32.3 Å². The molecule has 49 heavy (non-hydrogen) atoms. The number of nitrogens with zero attached hydrogens (tertiary/aromatic N) is 1. The Hall–Kier alpha value is -6.31. The molecular formula is C48H29N. The molecule has 1 nitrogen and oxygen atoms in total. The normalized spacial score (nSPS) is 15.4. The van der Waals surface area contributed by atoms with Gasteiger partial charge in [0.2, 0.25) is 0 Å². The smallest absolute Gasteiger partial charge is 0.0725 e. The summed E-state index contributed by atoms with van der Waals surface area (Å²) in [6, 6.07) is 64.8. The van der Waals surface area contributed by atoms with Crippen molar-refractivity contribution in [3.63, 3.8) is 0 Å². The van der Waals surface area contributed by atoms with Crippen LogP contribution < -0.4 is 0 Å². The third-order valence-corrected chi connectivity index (χ3v) is 11.1. The lowest BCUT2D eigenvalue weighted by molar-refractivity contribution is 0.795. The van der Waals surface area contributed by atoms with Gasteiger partial charge in [0, 0.05) is 11.1 Å². The van der Waals surface area contributed by atoms with Crippen molar-refractivity contribution in [3.05, 3.63) is 198 Å². The van der Waals surface area contributed by atoms with Crippen LogP contribution in [0.4, 0.5) is 0 Å². The van der Waals surface area contributed by atoms with Crippen LogP contribution in [0.15, 0.2) is 176 Å². The van der Waals surface area contributed by atoms with Gasteiger partial charge in [0.05, 0.1) is 16.8 Å². The van der Waals surface area contributed by atoms with E-state index in [1.54, 1.807) is 0 Å². The van der Waals surface area contributed by atoms with Crippen LogP contribution in [0.25, 0.3) is 77.1 Å². The first-order valence-electron chi connectivity index (χ1n) is 17.1. The fourth-order valence-corrected chi connectivity index (χ4v) is 9.06. The number of aromatic nitrogens is 1. The first-order chi connectivity index (χ1) is 24.3. The molecule has 226 valence electrons. The Morgan fingerprint density at radius 2 is 0.776 bits per heavy atom. The maximum Gasteiger partial charge on any atom is 0.0725 e. The van der Waals surface area contributed by atoms with Crippen LogP contribution in [0.1, 0.15) is 22.3 Å². The third-order valence-electron chi connectivity index (χ3n) is 11.1. The standard InChI is InChI=1S/C48H29N/c1-2-13-30(14-3-1)46-23-12-24-47(49-46)31-25-26-38-36-19-8-10-21-42(36)48(44(38)27-31)43-22-11-9-20-37(43)41-28-39-34-17-6-4-15-32(34)33-16-5-7-18-35(33)40(39)29-45(41)48/h1-29H. The Morgan fingerprint density at radius 1 is 0.286 bits per heavy atom. The Morgan fingerprint density at radius 3 is 1.45 bits per heavy atom. The third kappa shape index (κ3) is 3.51. The highest BCUT2D eigenvalue weighted by Crippen LogP contribution is 2.63. The highest BCUT2D eigenvalue weighted by molar-refractivity contribution is 6.26. The molecule has 1 aromatic heterocycles. The molecule has 0 saturated heterocycles. The first-order valence-corrected chi connectivity index (χ1v) is 17.1. The molecule has 8 aromatic carbocycles. The Labute approximate surface area is 284 Å². The van der Waals surface area contributed by atoms with E-state index in [1.165, 1.54) is 76.8 Å². The molecule has 1 spiro atoms. The molecule has 2 aliphatic rings. The van der Waals surface area contributed by atoms with Crippen molar-refractivity contribution in [2.45, 2.75) is 5.41 Å². The summed E-state index contributed by atoms with van der Waals surface area (Å²) in [7, 11) is 0. The Bertz CT molecular complexity index is 2830. The van der Waals surface area contributed by atoms with Gasteiger partial charge in [-0.3, -0.25) is 0 Å². The van der Waals surface area contributed by atoms with E-state index in [1.807, 2.05) is 0 Å². The van der Waals surface area contributed by atoms with Gasteiger partial charge in [-0.1, -0.05) is 146 Å². The number of fused-ring (bicyclic) bond motifs is 16. The van der Waals surface area contributed by atoms with E-state index in [0.717, 1.165) is 22.5 Å². The summed E-state index contributed by atoms with van der Waals surface area (Å²) in [4.78, 5) is 5.20. The molecule has 1 heteroatoms. The summed E-state index contributed by atoms with van der Waals surface area (Å²) >= 11 is 0. The lowest BCUT2D eigenvalue weighted by Crippen LogP contribution is -2.26. The van der Waals surface area contributed by atoms with Gasteiger partial charge in [0.15, 0.2) is 0 Å². The van der Waals surface area contributed by atoms with E-state index < -0.39 is 5.41 Å². The van der Waals surface area contributed by atoms with Gasteiger partial charge in [-0.2, -0.15) is 0 Å². The highest BCUT2D eigenvalue weighted by atomic mass is 14.7. The summed E-state index contributed by atoms with van der Waals surface area (Å²) in [5.41, 5.74) is 14.4. The Balaban J connectivity index is 1.25. The van der Waals surface area contributed by atoms with Crippen LogP contribution in [0, 0.1) is 0 Å². The van der Waals surface area contributed by atoms with Crippen molar-refractivity contribution in [2.24, 2.45) is 0 Å². The summed E-state index contributed by atoms with van der Waals surface area (Å²) in [5, 5.41) is 7.82. The molecule has 1 heterocycles. The van der Waals surface area contributed by atoms with E-state index in [9.17, 15) is 0 Å². The molecule has 0 saturated carbocycles. The predicted octanol–water partition coefficient (Wildman–Crippen LogP) is 12.2. The molecular weight excluding hydrogens is 591 g/mol. The monoisotopic (exact) mass is 619 g/mol. The van der Waals surface area contributed by atoms with E-state index in [2.05, 4.69) is 176 Å². The van der Waals surface area contributed by atoms with Gasteiger partial charge < -0.3 is 0 Å². The molecule has 2 aliphatic carbocycles. The molecule has 0 radical (unpaired) electrons. The minimum Gasteiger partial charge on any atom is -0.248 e. The lowest BCUT2D eigenvalue weighted by atomic mass is 9.70. The maximum atomic E-state index is 5.20. The zero-order valence-electron chi connectivity index (χ0n) is 26.7. The maximum absolute atomic E-state index is 5.20. The average Bonchev–Trinajstić information content (AvgIpc) is 3.64. The quantitative estimate of drug-likeness (QED) is 0.175. The second-order valence-corrected chi connectivity index (χ2v) is 13.4. The van der Waals surface area contributed by atoms with E-state index >= 15 is 0 Å². The number of hydrogen-bond acceptors (Lipinski definition) is 1. The van der Waals surface area contributed by atoms with Crippen LogP contribution in [-0.2, 0) is 5.41 Å². The first kappa shape index (κ1) is 26.7. The summed E-state index contributed by atoms with van der Waals surface area (Å²) in [6.07, 6.45) is 0. The van der Waals surface area contributed by atoms with Gasteiger partial charge in [-0.25, -0.2) is 4.98 Å². The number of hydrogen-bond donors (Lipinski definition) is 0. The minimum absolute atomic E-state index is 0.453. The molecule has 0 aliphatic heterocycles. The van der Waals surface area contributed by atoms with Crippen LogP contribution >= 0.6 is 0 Å². The van der Waals surface area contributed by atoms with Gasteiger partial charge in [-0.05, 0) is 107 Å². The largest absolute Gasteiger partial charge is 0.248 e. The van der Waals surface area contributed by atoms with Crippen molar-refractivity contribution in [1.29, 1.82) is 0 Å². The van der Waals surface area contributed by atoms with Crippen LogP contribution in [0.2, 0.25) is 0 Å². The van der Waals surface area contributed by atoms with Crippen molar-refractivity contribution in [1.82, 2.24) is 4.98 Å². The number of rotatable bonds is 2. The topological polar surface area (TPSA) is 12.9 Å². The van der Waals surface area contributed by atoms with Gasteiger partial charge in [0.1, 0.15) is 0 Å². The molecule has 1 unspecified atom stereocenters. The molecule has 1 atom stereocenters. The second kappa shape index (κ2) is 9.86. The molecule has 9 aromatic rings. The van der Waals surface area contributed by atoms with E-state index in [-0.39, 0.29) is 0 Å². The second-order valence-electron chi connectivity index (χ2n) is 13.4. The molecule has 0 N–H and O–H groups in total. The van der Waals surface area contributed by atoms with Crippen molar-refractivity contribution < 1.29 is 0 Å². The molecule has 0 bridgehead atoms. The number of benzene rings is 8. The van der Waals surface area contributed by atoms with Crippen LogP contribution in [-0.4, -0.2) is 4.98 Å². The molecule has 0 amide bonds. The summed E-state index contributed by atoms with van der Waals surface area (Å²) < 4.78 is 0. The molecule has 0 fully saturated rings. The SMILES string of the molecule is c1ccc(-c2cccc(-c3ccc4c(c3)C3(c5ccccc5-4)c4ccccc4-c4cc5c6ccccc6c6ccccc6c5cc43)n2)cc1. The van der Waals surface area contributed by atoms with Crippen LogP contribution in [0.3, 0.4) is 0 Å². The molecule has 11 rings (SSSR count). The average molecular weight is 620 g/mol. The summed E-state index contributed by atoms with van der Waals surface area (Å²) in [5.74, 6) is 0.